The van der Waals surface area contributed by atoms with Gasteiger partial charge < -0.3 is 5.73 Å². The van der Waals surface area contributed by atoms with Crippen LogP contribution in [0.5, 0.6) is 0 Å². The number of nitrogens with two attached hydrogens (primary N) is 1. The lowest BCUT2D eigenvalue weighted by Gasteiger charge is -2.41. The third kappa shape index (κ3) is 3.37. The number of amides is 1. The Morgan fingerprint density at radius 2 is 1.89 bits per heavy atom. The third-order valence-corrected chi connectivity index (χ3v) is 4.71. The maximum Gasteiger partial charge on any atom is 0.217 e. The van der Waals surface area contributed by atoms with Crippen LogP contribution in [0.1, 0.15) is 57.1 Å². The van der Waals surface area contributed by atoms with E-state index in [1.165, 1.54) is 30.4 Å². The third-order valence-electron chi connectivity index (χ3n) is 4.71. The summed E-state index contributed by atoms with van der Waals surface area (Å²) in [5, 5.41) is 0. The zero-order valence-electron chi connectivity index (χ0n) is 12.1. The molecular weight excluding hydrogens is 234 g/mol. The minimum Gasteiger partial charge on any atom is -0.370 e. The quantitative estimate of drug-likeness (QED) is 0.833. The van der Waals surface area contributed by atoms with Gasteiger partial charge in [0, 0.05) is 6.42 Å². The number of hydrogen-bond donors (Lipinski definition) is 1. The van der Waals surface area contributed by atoms with E-state index in [1.807, 2.05) is 0 Å². The highest BCUT2D eigenvalue weighted by Gasteiger charge is 2.34. The molecule has 1 amide bonds. The fourth-order valence-electron chi connectivity index (χ4n) is 2.93. The lowest BCUT2D eigenvalue weighted by Crippen LogP contribution is -2.33. The van der Waals surface area contributed by atoms with E-state index in [1.54, 1.807) is 0 Å². The molecule has 0 spiro atoms. The normalized spacial score (nSPS) is 16.1. The Hall–Kier alpha value is -1.31. The maximum atomic E-state index is 10.7. The highest BCUT2D eigenvalue weighted by molar-refractivity contribution is 5.73. The first-order chi connectivity index (χ1) is 9.00. The Morgan fingerprint density at radius 1 is 1.26 bits per heavy atom. The van der Waals surface area contributed by atoms with Gasteiger partial charge in [0.15, 0.2) is 0 Å². The van der Waals surface area contributed by atoms with E-state index < -0.39 is 0 Å². The van der Waals surface area contributed by atoms with Crippen molar-refractivity contribution in [1.82, 2.24) is 0 Å². The summed E-state index contributed by atoms with van der Waals surface area (Å²) in [5.74, 6) is 0.635. The Labute approximate surface area is 116 Å². The van der Waals surface area contributed by atoms with E-state index in [9.17, 15) is 4.79 Å². The molecule has 2 N–H and O–H groups in total. The number of benzene rings is 1. The molecule has 0 heterocycles. The maximum absolute atomic E-state index is 10.7. The predicted molar refractivity (Wildman–Crippen MR) is 78.9 cm³/mol. The fourth-order valence-corrected chi connectivity index (χ4v) is 2.93. The Kier molecular flexibility index (Phi) is 4.28. The number of carbonyl (C=O) groups is 1. The summed E-state index contributed by atoms with van der Waals surface area (Å²) in [6.45, 7) is 4.72. The zero-order chi connectivity index (χ0) is 13.9. The van der Waals surface area contributed by atoms with Gasteiger partial charge in [-0.05, 0) is 48.1 Å². The minimum atomic E-state index is -0.206. The van der Waals surface area contributed by atoms with Gasteiger partial charge in [-0.3, -0.25) is 4.79 Å². The molecule has 0 aliphatic heterocycles. The van der Waals surface area contributed by atoms with Crippen LogP contribution in [0.15, 0.2) is 24.3 Å². The highest BCUT2D eigenvalue weighted by atomic mass is 16.1. The fraction of sp³-hybridized carbons (Fsp3) is 0.588. The van der Waals surface area contributed by atoms with Crippen molar-refractivity contribution < 1.29 is 4.79 Å². The van der Waals surface area contributed by atoms with Gasteiger partial charge in [0.1, 0.15) is 0 Å². The predicted octanol–water partition coefficient (Wildman–Crippen LogP) is 3.57. The van der Waals surface area contributed by atoms with E-state index in [-0.39, 0.29) is 5.91 Å². The summed E-state index contributed by atoms with van der Waals surface area (Å²) >= 11 is 0. The smallest absolute Gasteiger partial charge is 0.217 e. The van der Waals surface area contributed by atoms with Gasteiger partial charge in [-0.1, -0.05) is 44.5 Å². The molecule has 1 aliphatic carbocycles. The van der Waals surface area contributed by atoms with Crippen LogP contribution in [-0.2, 0) is 16.6 Å². The second-order valence-corrected chi connectivity index (χ2v) is 6.37. The van der Waals surface area contributed by atoms with E-state index >= 15 is 0 Å². The number of rotatable bonds is 6. The second kappa shape index (κ2) is 5.77. The first-order valence-electron chi connectivity index (χ1n) is 7.38. The van der Waals surface area contributed by atoms with E-state index in [2.05, 4.69) is 38.1 Å². The Bertz CT molecular complexity index is 429. The Balaban J connectivity index is 1.95. The van der Waals surface area contributed by atoms with E-state index in [0.29, 0.717) is 11.8 Å². The number of aryl methyl sites for hydroxylation is 1. The topological polar surface area (TPSA) is 43.1 Å². The molecule has 0 unspecified atom stereocenters. The average Bonchev–Trinajstić information content (AvgIpc) is 2.26. The minimum absolute atomic E-state index is 0.206. The summed E-state index contributed by atoms with van der Waals surface area (Å²) < 4.78 is 0. The molecular formula is C17H25NO. The van der Waals surface area contributed by atoms with Gasteiger partial charge in [0.25, 0.3) is 0 Å². The molecule has 2 nitrogen and oxygen atoms in total. The van der Waals surface area contributed by atoms with Crippen molar-refractivity contribution in [1.29, 1.82) is 0 Å². The van der Waals surface area contributed by atoms with Crippen LogP contribution >= 0.6 is 0 Å². The molecule has 0 radical (unpaired) electrons. The van der Waals surface area contributed by atoms with Gasteiger partial charge in [0.05, 0.1) is 0 Å². The van der Waals surface area contributed by atoms with Gasteiger partial charge >= 0.3 is 0 Å². The molecule has 104 valence electrons. The Morgan fingerprint density at radius 3 is 2.37 bits per heavy atom. The lowest BCUT2D eigenvalue weighted by molar-refractivity contribution is -0.118. The lowest BCUT2D eigenvalue weighted by atomic mass is 9.64. The van der Waals surface area contributed by atoms with Crippen molar-refractivity contribution in [3.05, 3.63) is 35.4 Å². The van der Waals surface area contributed by atoms with Crippen LogP contribution in [0, 0.1) is 5.92 Å². The molecule has 2 rings (SSSR count). The van der Waals surface area contributed by atoms with Crippen molar-refractivity contribution in [2.75, 3.05) is 0 Å². The van der Waals surface area contributed by atoms with Crippen LogP contribution in [-0.4, -0.2) is 5.91 Å². The van der Waals surface area contributed by atoms with Crippen molar-refractivity contribution >= 4 is 5.91 Å². The molecule has 1 saturated carbocycles. The van der Waals surface area contributed by atoms with Crippen LogP contribution < -0.4 is 5.73 Å². The van der Waals surface area contributed by atoms with Gasteiger partial charge in [-0.2, -0.15) is 0 Å². The first-order valence-corrected chi connectivity index (χ1v) is 7.38. The summed E-state index contributed by atoms with van der Waals surface area (Å²) in [6, 6.07) is 8.93. The van der Waals surface area contributed by atoms with Crippen LogP contribution in [0.25, 0.3) is 0 Å². The monoisotopic (exact) mass is 259 g/mol. The molecule has 19 heavy (non-hydrogen) atoms. The van der Waals surface area contributed by atoms with Crippen molar-refractivity contribution in [2.45, 2.75) is 57.8 Å². The van der Waals surface area contributed by atoms with Crippen molar-refractivity contribution in [3.63, 3.8) is 0 Å². The first kappa shape index (κ1) is 14.1. The number of carbonyl (C=O) groups excluding carboxylic acids is 1. The summed E-state index contributed by atoms with van der Waals surface area (Å²) in [6.07, 6.45) is 6.39. The van der Waals surface area contributed by atoms with E-state index in [0.717, 1.165) is 18.8 Å². The zero-order valence-corrected chi connectivity index (χ0v) is 12.1. The molecule has 1 aromatic carbocycles. The number of hydrogen-bond acceptors (Lipinski definition) is 1. The van der Waals surface area contributed by atoms with Gasteiger partial charge in [0.2, 0.25) is 5.91 Å². The summed E-state index contributed by atoms with van der Waals surface area (Å²) in [4.78, 5) is 10.7. The van der Waals surface area contributed by atoms with Crippen LogP contribution in [0.3, 0.4) is 0 Å². The summed E-state index contributed by atoms with van der Waals surface area (Å²) in [7, 11) is 0. The van der Waals surface area contributed by atoms with Gasteiger partial charge in [-0.15, -0.1) is 0 Å². The van der Waals surface area contributed by atoms with E-state index in [4.69, 9.17) is 5.73 Å². The van der Waals surface area contributed by atoms with Crippen LogP contribution in [0.2, 0.25) is 0 Å². The highest BCUT2D eigenvalue weighted by Crippen LogP contribution is 2.43. The standard InChI is InChI=1S/C17H25NO/c1-17(2,14-6-4-7-14)15-11-9-13(10-12-15)5-3-8-16(18)19/h9-12,14H,3-8H2,1-2H3,(H2,18,19). The molecule has 0 saturated heterocycles. The molecule has 1 fully saturated rings. The SMILES string of the molecule is CC(C)(c1ccc(CCCC(N)=O)cc1)C1CCC1. The van der Waals surface area contributed by atoms with Crippen molar-refractivity contribution in [3.8, 4) is 0 Å². The van der Waals surface area contributed by atoms with Crippen molar-refractivity contribution in [2.24, 2.45) is 11.7 Å². The summed E-state index contributed by atoms with van der Waals surface area (Å²) in [5.41, 5.74) is 8.19. The molecule has 1 aromatic rings. The average molecular weight is 259 g/mol. The molecule has 1 aliphatic rings. The molecule has 2 heteroatoms. The molecule has 0 bridgehead atoms. The molecule has 0 aromatic heterocycles. The van der Waals surface area contributed by atoms with Gasteiger partial charge in [-0.25, -0.2) is 0 Å². The number of primary amides is 1. The second-order valence-electron chi connectivity index (χ2n) is 6.37. The van der Waals surface area contributed by atoms with Crippen LogP contribution in [0.4, 0.5) is 0 Å². The largest absolute Gasteiger partial charge is 0.370 e. The molecule has 0 atom stereocenters.